The lowest BCUT2D eigenvalue weighted by Crippen LogP contribution is -2.42. The molecule has 1 N–H and O–H groups in total. The van der Waals surface area contributed by atoms with Crippen molar-refractivity contribution in [1.29, 1.82) is 0 Å². The van der Waals surface area contributed by atoms with Crippen LogP contribution in [-0.4, -0.2) is 28.1 Å². The van der Waals surface area contributed by atoms with Crippen molar-refractivity contribution >= 4 is 12.8 Å². The molecule has 0 amide bonds. The molecule has 0 bridgehead atoms. The van der Waals surface area contributed by atoms with Crippen molar-refractivity contribution in [2.75, 3.05) is 13.1 Å². The molecule has 2 rings (SSSR count). The number of piperidine rings is 1. The number of hydrogen-bond donors (Lipinski definition) is 2. The van der Waals surface area contributed by atoms with E-state index in [1.807, 2.05) is 4.31 Å². The first-order chi connectivity index (χ1) is 7.59. The van der Waals surface area contributed by atoms with Crippen LogP contribution in [0.5, 0.6) is 0 Å². The van der Waals surface area contributed by atoms with Crippen LogP contribution in [0.25, 0.3) is 0 Å². The molecule has 16 heavy (non-hydrogen) atoms. The topological polar surface area (TPSA) is 23.5 Å². The molecule has 1 aliphatic rings. The summed E-state index contributed by atoms with van der Waals surface area (Å²) in [6.45, 7) is 1.49. The van der Waals surface area contributed by atoms with Crippen molar-refractivity contribution in [1.82, 2.24) is 4.31 Å². The molecule has 88 valence electrons. The van der Waals surface area contributed by atoms with Gasteiger partial charge in [0.1, 0.15) is 5.82 Å². The maximum atomic E-state index is 13.5. The third-order valence-electron chi connectivity index (χ3n) is 3.15. The minimum absolute atomic E-state index is 0.232. The van der Waals surface area contributed by atoms with Crippen LogP contribution in [0.15, 0.2) is 24.3 Å². The highest BCUT2D eigenvalue weighted by atomic mass is 32.1. The Morgan fingerprint density at radius 1 is 1.31 bits per heavy atom. The molecule has 1 fully saturated rings. The molecule has 0 spiro atoms. The Morgan fingerprint density at radius 2 is 1.94 bits per heavy atom. The highest BCUT2D eigenvalue weighted by Crippen LogP contribution is 2.27. The number of aliphatic hydroxyl groups is 1. The maximum Gasteiger partial charge on any atom is 0.126 e. The molecule has 0 saturated carbocycles. The van der Waals surface area contributed by atoms with E-state index in [0.717, 1.165) is 13.1 Å². The molecule has 2 nitrogen and oxygen atoms in total. The SMILES string of the molecule is OC1(Cc2ccccc2F)CCN(S)CC1. The molecule has 1 aromatic carbocycles. The Kier molecular flexibility index (Phi) is 3.52. The maximum absolute atomic E-state index is 13.5. The Bertz CT molecular complexity index is 364. The smallest absolute Gasteiger partial charge is 0.126 e. The first kappa shape index (κ1) is 11.9. The fraction of sp³-hybridized carbons (Fsp3) is 0.500. The Hall–Kier alpha value is -0.580. The van der Waals surface area contributed by atoms with Crippen LogP contribution in [0.3, 0.4) is 0 Å². The summed E-state index contributed by atoms with van der Waals surface area (Å²) in [5.74, 6) is -0.232. The van der Waals surface area contributed by atoms with Gasteiger partial charge >= 0.3 is 0 Å². The van der Waals surface area contributed by atoms with Crippen LogP contribution in [0.4, 0.5) is 4.39 Å². The molecule has 4 heteroatoms. The second kappa shape index (κ2) is 4.73. The summed E-state index contributed by atoms with van der Waals surface area (Å²) in [7, 11) is 0. The molecular weight excluding hydrogens is 225 g/mol. The number of hydrogen-bond acceptors (Lipinski definition) is 3. The lowest BCUT2D eigenvalue weighted by molar-refractivity contribution is -0.00317. The van der Waals surface area contributed by atoms with E-state index in [1.165, 1.54) is 6.07 Å². The summed E-state index contributed by atoms with van der Waals surface area (Å²) in [6, 6.07) is 6.64. The largest absolute Gasteiger partial charge is 0.389 e. The molecule has 1 saturated heterocycles. The van der Waals surface area contributed by atoms with Gasteiger partial charge in [-0.25, -0.2) is 4.39 Å². The molecule has 0 aliphatic carbocycles. The monoisotopic (exact) mass is 241 g/mol. The van der Waals surface area contributed by atoms with Gasteiger partial charge in [0.2, 0.25) is 0 Å². The molecule has 0 aromatic heterocycles. The second-order valence-electron chi connectivity index (χ2n) is 4.45. The van der Waals surface area contributed by atoms with Gasteiger partial charge in [-0.3, -0.25) is 4.31 Å². The van der Waals surface area contributed by atoms with Crippen LogP contribution < -0.4 is 0 Å². The number of benzene rings is 1. The van der Waals surface area contributed by atoms with E-state index in [1.54, 1.807) is 18.2 Å². The van der Waals surface area contributed by atoms with E-state index in [9.17, 15) is 9.50 Å². The van der Waals surface area contributed by atoms with Crippen molar-refractivity contribution in [3.63, 3.8) is 0 Å². The number of nitrogens with zero attached hydrogens (tertiary/aromatic N) is 1. The summed E-state index contributed by atoms with van der Waals surface area (Å²) < 4.78 is 15.3. The molecule has 0 radical (unpaired) electrons. The fourth-order valence-corrected chi connectivity index (χ4v) is 2.28. The number of rotatable bonds is 2. The highest BCUT2D eigenvalue weighted by molar-refractivity contribution is 7.77. The summed E-state index contributed by atoms with van der Waals surface area (Å²) >= 11 is 4.23. The van der Waals surface area contributed by atoms with Crippen LogP contribution in [0.1, 0.15) is 18.4 Å². The lowest BCUT2D eigenvalue weighted by atomic mass is 9.86. The normalized spacial score (nSPS) is 20.9. The van der Waals surface area contributed by atoms with Crippen LogP contribution in [0.2, 0.25) is 0 Å². The van der Waals surface area contributed by atoms with E-state index in [-0.39, 0.29) is 5.82 Å². The third kappa shape index (κ3) is 2.75. The Labute approximate surface area is 101 Å². The van der Waals surface area contributed by atoms with Gasteiger partial charge in [-0.15, -0.1) is 0 Å². The van der Waals surface area contributed by atoms with Gasteiger partial charge in [0.25, 0.3) is 0 Å². The van der Waals surface area contributed by atoms with Crippen molar-refractivity contribution in [2.45, 2.75) is 24.9 Å². The quantitative estimate of drug-likeness (QED) is 0.774. The van der Waals surface area contributed by atoms with E-state index in [2.05, 4.69) is 12.8 Å². The van der Waals surface area contributed by atoms with Crippen molar-refractivity contribution in [3.8, 4) is 0 Å². The van der Waals surface area contributed by atoms with E-state index >= 15 is 0 Å². The zero-order valence-electron chi connectivity index (χ0n) is 9.06. The Balaban J connectivity index is 2.07. The van der Waals surface area contributed by atoms with Crippen molar-refractivity contribution < 1.29 is 9.50 Å². The zero-order chi connectivity index (χ0) is 11.6. The zero-order valence-corrected chi connectivity index (χ0v) is 9.96. The standard InChI is InChI=1S/C12H16FNOS/c13-11-4-2-1-3-10(11)9-12(15)5-7-14(16)8-6-12/h1-4,15-16H,5-9H2. The molecular formula is C12H16FNOS. The van der Waals surface area contributed by atoms with Gasteiger partial charge < -0.3 is 5.11 Å². The number of thiol groups is 1. The van der Waals surface area contributed by atoms with Crippen LogP contribution in [-0.2, 0) is 6.42 Å². The lowest BCUT2D eigenvalue weighted by Gasteiger charge is -2.36. The first-order valence-electron chi connectivity index (χ1n) is 5.49. The van der Waals surface area contributed by atoms with Gasteiger partial charge in [-0.05, 0) is 24.5 Å². The minimum Gasteiger partial charge on any atom is -0.389 e. The molecule has 0 unspecified atom stereocenters. The highest BCUT2D eigenvalue weighted by Gasteiger charge is 2.32. The number of halogens is 1. The predicted molar refractivity (Wildman–Crippen MR) is 64.8 cm³/mol. The van der Waals surface area contributed by atoms with E-state index in [0.29, 0.717) is 24.8 Å². The Morgan fingerprint density at radius 3 is 2.56 bits per heavy atom. The van der Waals surface area contributed by atoms with Gasteiger partial charge in [-0.2, -0.15) is 0 Å². The van der Waals surface area contributed by atoms with Gasteiger partial charge in [0.15, 0.2) is 0 Å². The molecule has 1 heterocycles. The van der Waals surface area contributed by atoms with Crippen LogP contribution >= 0.6 is 12.8 Å². The summed E-state index contributed by atoms with van der Waals surface area (Å²) in [6.07, 6.45) is 1.68. The molecule has 1 aromatic rings. The van der Waals surface area contributed by atoms with E-state index < -0.39 is 5.60 Å². The van der Waals surface area contributed by atoms with Crippen molar-refractivity contribution in [3.05, 3.63) is 35.6 Å². The predicted octanol–water partition coefficient (Wildman–Crippen LogP) is 2.04. The average Bonchev–Trinajstić information content (AvgIpc) is 2.27. The van der Waals surface area contributed by atoms with Gasteiger partial charge in [0.05, 0.1) is 5.60 Å². The first-order valence-corrected chi connectivity index (χ1v) is 5.89. The minimum atomic E-state index is -0.776. The average molecular weight is 241 g/mol. The summed E-state index contributed by atoms with van der Waals surface area (Å²) in [4.78, 5) is 0. The summed E-state index contributed by atoms with van der Waals surface area (Å²) in [5.41, 5.74) is -0.181. The van der Waals surface area contributed by atoms with Crippen LogP contribution in [0, 0.1) is 5.82 Å². The third-order valence-corrected chi connectivity index (χ3v) is 3.55. The molecule has 0 atom stereocenters. The fourth-order valence-electron chi connectivity index (χ4n) is 2.08. The second-order valence-corrected chi connectivity index (χ2v) is 5.01. The van der Waals surface area contributed by atoms with Crippen molar-refractivity contribution in [2.24, 2.45) is 0 Å². The molecule has 1 aliphatic heterocycles. The van der Waals surface area contributed by atoms with E-state index in [4.69, 9.17) is 0 Å². The summed E-state index contributed by atoms with van der Waals surface area (Å²) in [5, 5.41) is 10.3. The van der Waals surface area contributed by atoms with Gasteiger partial charge in [-0.1, -0.05) is 31.0 Å². The van der Waals surface area contributed by atoms with Gasteiger partial charge in [0, 0.05) is 19.5 Å².